The van der Waals surface area contributed by atoms with Crippen LogP contribution >= 0.6 is 15.9 Å². The fourth-order valence-corrected chi connectivity index (χ4v) is 3.22. The van der Waals surface area contributed by atoms with Crippen LogP contribution in [0.1, 0.15) is 26.3 Å². The van der Waals surface area contributed by atoms with E-state index in [1.54, 1.807) is 0 Å². The Labute approximate surface area is 153 Å². The van der Waals surface area contributed by atoms with E-state index in [1.165, 1.54) is 5.56 Å². The summed E-state index contributed by atoms with van der Waals surface area (Å²) in [4.78, 5) is 2.29. The van der Waals surface area contributed by atoms with Crippen LogP contribution in [0.25, 0.3) is 0 Å². The molecule has 3 aromatic rings. The molecule has 0 aromatic heterocycles. The molecule has 0 fully saturated rings. The predicted molar refractivity (Wildman–Crippen MR) is 108 cm³/mol. The molecule has 24 heavy (non-hydrogen) atoms. The standard InChI is InChI=1S/C22H22BrN/c1-22(2,3)17-14-18(23)16-21(15-17)24(19-10-6-4-7-11-19)20-12-8-5-9-13-20/h4-16H,1-3H3. The molecule has 0 saturated carbocycles. The number of nitrogens with zero attached hydrogens (tertiary/aromatic N) is 1. The van der Waals surface area contributed by atoms with E-state index in [4.69, 9.17) is 0 Å². The lowest BCUT2D eigenvalue weighted by Gasteiger charge is -2.28. The second-order valence-electron chi connectivity index (χ2n) is 6.95. The van der Waals surface area contributed by atoms with E-state index >= 15 is 0 Å². The maximum absolute atomic E-state index is 3.69. The zero-order chi connectivity index (χ0) is 17.2. The summed E-state index contributed by atoms with van der Waals surface area (Å²) in [6.45, 7) is 6.73. The molecule has 122 valence electrons. The quantitative estimate of drug-likeness (QED) is 0.464. The smallest absolute Gasteiger partial charge is 0.0475 e. The van der Waals surface area contributed by atoms with Crippen LogP contribution in [0.3, 0.4) is 0 Å². The van der Waals surface area contributed by atoms with E-state index in [-0.39, 0.29) is 5.41 Å². The molecule has 0 aliphatic carbocycles. The molecule has 0 atom stereocenters. The first-order valence-electron chi connectivity index (χ1n) is 8.16. The molecule has 0 spiro atoms. The summed E-state index contributed by atoms with van der Waals surface area (Å²) in [5.41, 5.74) is 4.87. The lowest BCUT2D eigenvalue weighted by atomic mass is 9.87. The van der Waals surface area contributed by atoms with Gasteiger partial charge in [0.1, 0.15) is 0 Å². The van der Waals surface area contributed by atoms with Gasteiger partial charge < -0.3 is 4.90 Å². The second-order valence-corrected chi connectivity index (χ2v) is 7.87. The van der Waals surface area contributed by atoms with Crippen LogP contribution < -0.4 is 4.90 Å². The molecule has 0 heterocycles. The summed E-state index contributed by atoms with van der Waals surface area (Å²) < 4.78 is 1.10. The van der Waals surface area contributed by atoms with Crippen LogP contribution in [0.2, 0.25) is 0 Å². The number of anilines is 3. The number of hydrogen-bond acceptors (Lipinski definition) is 1. The van der Waals surface area contributed by atoms with Crippen molar-refractivity contribution in [2.45, 2.75) is 26.2 Å². The molecule has 3 rings (SSSR count). The zero-order valence-electron chi connectivity index (χ0n) is 14.3. The van der Waals surface area contributed by atoms with E-state index in [0.29, 0.717) is 0 Å². The van der Waals surface area contributed by atoms with Crippen LogP contribution in [-0.2, 0) is 5.41 Å². The molecule has 0 amide bonds. The van der Waals surface area contributed by atoms with Gasteiger partial charge >= 0.3 is 0 Å². The highest BCUT2D eigenvalue weighted by Gasteiger charge is 2.18. The SMILES string of the molecule is CC(C)(C)c1cc(Br)cc(N(c2ccccc2)c2ccccc2)c1. The first kappa shape index (κ1) is 16.8. The normalized spacial score (nSPS) is 11.3. The lowest BCUT2D eigenvalue weighted by Crippen LogP contribution is -2.14. The molecular formula is C22H22BrN. The third kappa shape index (κ3) is 3.70. The Morgan fingerprint density at radius 2 is 1.17 bits per heavy atom. The molecule has 0 unspecified atom stereocenters. The van der Waals surface area contributed by atoms with Gasteiger partial charge in [0.25, 0.3) is 0 Å². The van der Waals surface area contributed by atoms with Gasteiger partial charge in [-0.2, -0.15) is 0 Å². The largest absolute Gasteiger partial charge is 0.310 e. The fourth-order valence-electron chi connectivity index (χ4n) is 2.74. The van der Waals surface area contributed by atoms with Crippen LogP contribution in [-0.4, -0.2) is 0 Å². The van der Waals surface area contributed by atoms with E-state index in [0.717, 1.165) is 21.5 Å². The average molecular weight is 380 g/mol. The van der Waals surface area contributed by atoms with Crippen molar-refractivity contribution in [3.63, 3.8) is 0 Å². The van der Waals surface area contributed by atoms with Crippen molar-refractivity contribution in [3.05, 3.63) is 88.9 Å². The first-order chi connectivity index (χ1) is 11.4. The molecule has 3 aromatic carbocycles. The zero-order valence-corrected chi connectivity index (χ0v) is 15.9. The molecule has 0 aliphatic rings. The number of hydrogen-bond donors (Lipinski definition) is 0. The minimum Gasteiger partial charge on any atom is -0.310 e. The summed E-state index contributed by atoms with van der Waals surface area (Å²) >= 11 is 3.69. The van der Waals surface area contributed by atoms with Gasteiger partial charge in [0.15, 0.2) is 0 Å². The Hall–Kier alpha value is -2.06. The van der Waals surface area contributed by atoms with Crippen LogP contribution in [0.4, 0.5) is 17.1 Å². The average Bonchev–Trinajstić information content (AvgIpc) is 2.56. The van der Waals surface area contributed by atoms with Gasteiger partial charge in [-0.15, -0.1) is 0 Å². The topological polar surface area (TPSA) is 3.24 Å². The molecule has 2 heteroatoms. The fraction of sp³-hybridized carbons (Fsp3) is 0.182. The highest BCUT2D eigenvalue weighted by molar-refractivity contribution is 9.10. The molecule has 1 nitrogen and oxygen atoms in total. The predicted octanol–water partition coefficient (Wildman–Crippen LogP) is 7.22. The second kappa shape index (κ2) is 6.82. The Morgan fingerprint density at radius 1 is 0.667 bits per heavy atom. The molecule has 0 N–H and O–H groups in total. The van der Waals surface area contributed by atoms with Crippen molar-refractivity contribution in [3.8, 4) is 0 Å². The third-order valence-corrected chi connectivity index (χ3v) is 4.49. The number of halogens is 1. The van der Waals surface area contributed by atoms with Gasteiger partial charge in [0, 0.05) is 21.5 Å². The Kier molecular flexibility index (Phi) is 4.77. The van der Waals surface area contributed by atoms with Gasteiger partial charge in [0.05, 0.1) is 0 Å². The molecule has 0 saturated heterocycles. The van der Waals surface area contributed by atoms with Crippen molar-refractivity contribution in [2.75, 3.05) is 4.90 Å². The molecule has 0 aliphatic heterocycles. The van der Waals surface area contributed by atoms with Crippen molar-refractivity contribution >= 4 is 33.0 Å². The monoisotopic (exact) mass is 379 g/mol. The van der Waals surface area contributed by atoms with Gasteiger partial charge in [-0.25, -0.2) is 0 Å². The van der Waals surface area contributed by atoms with Crippen LogP contribution in [0.15, 0.2) is 83.3 Å². The van der Waals surface area contributed by atoms with E-state index < -0.39 is 0 Å². The van der Waals surface area contributed by atoms with Crippen LogP contribution in [0.5, 0.6) is 0 Å². The summed E-state index contributed by atoms with van der Waals surface area (Å²) in [5.74, 6) is 0. The van der Waals surface area contributed by atoms with Crippen molar-refractivity contribution in [2.24, 2.45) is 0 Å². The van der Waals surface area contributed by atoms with E-state index in [2.05, 4.69) is 108 Å². The summed E-state index contributed by atoms with van der Waals surface area (Å²) in [6, 6.07) is 27.6. The highest BCUT2D eigenvalue weighted by atomic mass is 79.9. The van der Waals surface area contributed by atoms with E-state index in [9.17, 15) is 0 Å². The van der Waals surface area contributed by atoms with Crippen molar-refractivity contribution in [1.29, 1.82) is 0 Å². The van der Waals surface area contributed by atoms with Crippen molar-refractivity contribution in [1.82, 2.24) is 0 Å². The number of rotatable bonds is 3. The summed E-state index contributed by atoms with van der Waals surface area (Å²) in [5, 5.41) is 0. The Bertz CT molecular complexity index is 765. The lowest BCUT2D eigenvalue weighted by molar-refractivity contribution is 0.590. The summed E-state index contributed by atoms with van der Waals surface area (Å²) in [6.07, 6.45) is 0. The summed E-state index contributed by atoms with van der Waals surface area (Å²) in [7, 11) is 0. The van der Waals surface area contributed by atoms with Gasteiger partial charge in [-0.05, 0) is 53.4 Å². The van der Waals surface area contributed by atoms with Crippen LogP contribution in [0, 0.1) is 0 Å². The maximum atomic E-state index is 3.69. The number of benzene rings is 3. The third-order valence-electron chi connectivity index (χ3n) is 4.04. The Morgan fingerprint density at radius 3 is 1.62 bits per heavy atom. The van der Waals surface area contributed by atoms with Gasteiger partial charge in [0.2, 0.25) is 0 Å². The Balaban J connectivity index is 2.19. The van der Waals surface area contributed by atoms with Crippen molar-refractivity contribution < 1.29 is 0 Å². The van der Waals surface area contributed by atoms with Gasteiger partial charge in [-0.1, -0.05) is 73.1 Å². The van der Waals surface area contributed by atoms with Gasteiger partial charge in [-0.3, -0.25) is 0 Å². The first-order valence-corrected chi connectivity index (χ1v) is 8.96. The van der Waals surface area contributed by atoms with E-state index in [1.807, 2.05) is 12.1 Å². The molecule has 0 bridgehead atoms. The minimum absolute atomic E-state index is 0.0948. The number of para-hydroxylation sites is 2. The minimum atomic E-state index is 0.0948. The molecule has 0 radical (unpaired) electrons. The molecular weight excluding hydrogens is 358 g/mol. The highest BCUT2D eigenvalue weighted by Crippen LogP contribution is 2.38. The maximum Gasteiger partial charge on any atom is 0.0475 e.